The maximum Gasteiger partial charge on any atom is 0.242 e. The van der Waals surface area contributed by atoms with Crippen LogP contribution in [0.1, 0.15) is 65.1 Å². The number of rotatable bonds is 6. The number of carbonyl (C=O) groups excluding carboxylic acids is 1. The van der Waals surface area contributed by atoms with E-state index in [1.807, 2.05) is 25.1 Å². The summed E-state index contributed by atoms with van der Waals surface area (Å²) in [5, 5.41) is 2.68. The number of unbranched alkanes of at least 4 members (excludes halogenated alkanes) is 1. The molecule has 1 heterocycles. The van der Waals surface area contributed by atoms with Gasteiger partial charge in [0.25, 0.3) is 0 Å². The van der Waals surface area contributed by atoms with Crippen LogP contribution >= 0.6 is 0 Å². The van der Waals surface area contributed by atoms with Gasteiger partial charge in [-0.25, -0.2) is 4.98 Å². The highest BCUT2D eigenvalue weighted by molar-refractivity contribution is 5.93. The Hall–Kier alpha value is -2.38. The van der Waals surface area contributed by atoms with Gasteiger partial charge in [0, 0.05) is 5.57 Å². The second-order valence-electron chi connectivity index (χ2n) is 6.01. The van der Waals surface area contributed by atoms with Crippen molar-refractivity contribution in [3.05, 3.63) is 47.7 Å². The van der Waals surface area contributed by atoms with Crippen molar-refractivity contribution < 1.29 is 4.79 Å². The Labute approximate surface area is 159 Å². The maximum absolute atomic E-state index is 11.7. The summed E-state index contributed by atoms with van der Waals surface area (Å²) in [5.41, 5.74) is 7.98. The lowest BCUT2D eigenvalue weighted by Crippen LogP contribution is -2.32. The fourth-order valence-corrected chi connectivity index (χ4v) is 1.76. The van der Waals surface area contributed by atoms with Crippen LogP contribution in [0.2, 0.25) is 0 Å². The standard InChI is InChI=1S/C18H23N3O.C4H10/c1-5-7-13(3)9-11-16-15(8-6-2)10-12-17(20-16)21-18(22)14(4)19;1-3-4-2/h5,7,10,12,14H,3,6,8,19H2,1-2,4H3,(H,20,21,22);3-4H2,1-2H3/b7-5-;. The molecule has 0 bridgehead atoms. The number of nitrogens with zero attached hydrogens (tertiary/aromatic N) is 1. The average Bonchev–Trinajstić information content (AvgIpc) is 2.62. The first kappa shape index (κ1) is 23.6. The fraction of sp³-hybridized carbons (Fsp3) is 0.455. The minimum Gasteiger partial charge on any atom is -0.320 e. The molecule has 1 atom stereocenters. The lowest BCUT2D eigenvalue weighted by molar-refractivity contribution is -0.117. The van der Waals surface area contributed by atoms with Gasteiger partial charge in [-0.3, -0.25) is 4.79 Å². The maximum atomic E-state index is 11.7. The zero-order valence-corrected chi connectivity index (χ0v) is 16.9. The molecule has 0 radical (unpaired) electrons. The van der Waals surface area contributed by atoms with E-state index in [0.29, 0.717) is 11.5 Å². The zero-order chi connectivity index (χ0) is 19.9. The van der Waals surface area contributed by atoms with Crippen molar-refractivity contribution in [1.82, 2.24) is 4.98 Å². The van der Waals surface area contributed by atoms with E-state index in [-0.39, 0.29) is 5.91 Å². The van der Waals surface area contributed by atoms with Crippen molar-refractivity contribution in [2.75, 3.05) is 5.32 Å². The van der Waals surface area contributed by atoms with E-state index in [1.165, 1.54) is 12.8 Å². The number of amides is 1. The average molecular weight is 356 g/mol. The van der Waals surface area contributed by atoms with Crippen molar-refractivity contribution in [3.63, 3.8) is 0 Å². The molecule has 4 heteroatoms. The summed E-state index contributed by atoms with van der Waals surface area (Å²) in [5.74, 6) is 6.19. The van der Waals surface area contributed by atoms with E-state index in [1.54, 1.807) is 13.0 Å². The largest absolute Gasteiger partial charge is 0.320 e. The van der Waals surface area contributed by atoms with Gasteiger partial charge in [0.15, 0.2) is 0 Å². The molecule has 0 spiro atoms. The van der Waals surface area contributed by atoms with E-state index in [9.17, 15) is 4.79 Å². The number of carbonyl (C=O) groups is 1. The third kappa shape index (κ3) is 9.80. The molecule has 3 N–H and O–H groups in total. The Morgan fingerprint density at radius 3 is 2.46 bits per heavy atom. The molecule has 0 aliphatic carbocycles. The molecule has 1 rings (SSSR count). The molecular weight excluding hydrogens is 322 g/mol. The molecule has 1 unspecified atom stereocenters. The predicted molar refractivity (Wildman–Crippen MR) is 112 cm³/mol. The van der Waals surface area contributed by atoms with E-state index >= 15 is 0 Å². The molecule has 0 aliphatic heterocycles. The van der Waals surface area contributed by atoms with Crippen LogP contribution in [0.4, 0.5) is 5.82 Å². The molecular formula is C22H33N3O. The molecule has 0 saturated carbocycles. The summed E-state index contributed by atoms with van der Waals surface area (Å²) in [6.45, 7) is 13.9. The first-order valence-corrected chi connectivity index (χ1v) is 9.29. The van der Waals surface area contributed by atoms with Crippen LogP contribution in [0, 0.1) is 11.8 Å². The Morgan fingerprint density at radius 2 is 1.96 bits per heavy atom. The summed E-state index contributed by atoms with van der Waals surface area (Å²) >= 11 is 0. The van der Waals surface area contributed by atoms with Crippen molar-refractivity contribution in [3.8, 4) is 11.8 Å². The van der Waals surface area contributed by atoms with Crippen LogP contribution in [0.15, 0.2) is 36.4 Å². The number of nitrogens with two attached hydrogens (primary N) is 1. The first-order valence-electron chi connectivity index (χ1n) is 9.29. The van der Waals surface area contributed by atoms with Crippen LogP contribution in [0.5, 0.6) is 0 Å². The molecule has 26 heavy (non-hydrogen) atoms. The van der Waals surface area contributed by atoms with Crippen molar-refractivity contribution >= 4 is 11.7 Å². The van der Waals surface area contributed by atoms with Gasteiger partial charge in [-0.1, -0.05) is 70.8 Å². The molecule has 4 nitrogen and oxygen atoms in total. The van der Waals surface area contributed by atoms with Crippen LogP contribution < -0.4 is 11.1 Å². The molecule has 1 aromatic heterocycles. The van der Waals surface area contributed by atoms with Gasteiger partial charge < -0.3 is 11.1 Å². The normalized spacial score (nSPS) is 11.0. The van der Waals surface area contributed by atoms with Crippen molar-refractivity contribution in [2.45, 2.75) is 66.3 Å². The minimum atomic E-state index is -0.582. The number of nitrogens with one attached hydrogen (secondary N) is 1. The third-order valence-corrected chi connectivity index (χ3v) is 3.37. The lowest BCUT2D eigenvalue weighted by Gasteiger charge is -2.09. The molecule has 0 aromatic carbocycles. The summed E-state index contributed by atoms with van der Waals surface area (Å²) < 4.78 is 0. The first-order chi connectivity index (χ1) is 12.4. The van der Waals surface area contributed by atoms with E-state index in [0.717, 1.165) is 24.0 Å². The fourth-order valence-electron chi connectivity index (χ4n) is 1.76. The predicted octanol–water partition coefficient (Wildman–Crippen LogP) is 4.61. The lowest BCUT2D eigenvalue weighted by atomic mass is 10.1. The van der Waals surface area contributed by atoms with Gasteiger partial charge in [0.1, 0.15) is 11.5 Å². The summed E-state index contributed by atoms with van der Waals surface area (Å²) in [4.78, 5) is 16.1. The van der Waals surface area contributed by atoms with E-state index in [2.05, 4.69) is 49.5 Å². The smallest absolute Gasteiger partial charge is 0.242 e. The second-order valence-corrected chi connectivity index (χ2v) is 6.01. The number of allylic oxidation sites excluding steroid dienone is 3. The van der Waals surface area contributed by atoms with Crippen LogP contribution in [0.3, 0.4) is 0 Å². The van der Waals surface area contributed by atoms with Gasteiger partial charge >= 0.3 is 0 Å². The van der Waals surface area contributed by atoms with Crippen LogP contribution in [-0.4, -0.2) is 16.9 Å². The van der Waals surface area contributed by atoms with E-state index < -0.39 is 6.04 Å². The summed E-state index contributed by atoms with van der Waals surface area (Å²) in [6, 6.07) is 3.13. The number of aromatic nitrogens is 1. The van der Waals surface area contributed by atoms with Crippen molar-refractivity contribution in [2.24, 2.45) is 5.73 Å². The number of anilines is 1. The molecule has 0 fully saturated rings. The highest BCUT2D eigenvalue weighted by Crippen LogP contribution is 2.13. The zero-order valence-electron chi connectivity index (χ0n) is 16.9. The number of pyridine rings is 1. The molecule has 142 valence electrons. The molecule has 0 saturated heterocycles. The second kappa shape index (κ2) is 13.9. The highest BCUT2D eigenvalue weighted by Gasteiger charge is 2.10. The molecule has 1 amide bonds. The molecule has 0 aliphatic rings. The Kier molecular flexibility index (Phi) is 12.6. The SMILES string of the molecule is C=C(C#Cc1nc(NC(=O)C(C)N)ccc1CCC)/C=C\C.CCCC. The minimum absolute atomic E-state index is 0.270. The van der Waals surface area contributed by atoms with Gasteiger partial charge in [0.05, 0.1) is 6.04 Å². The quantitative estimate of drug-likeness (QED) is 0.578. The highest BCUT2D eigenvalue weighted by atomic mass is 16.2. The topological polar surface area (TPSA) is 68.0 Å². The van der Waals surface area contributed by atoms with Crippen molar-refractivity contribution in [1.29, 1.82) is 0 Å². The summed E-state index contributed by atoms with van der Waals surface area (Å²) in [6.07, 6.45) is 8.25. The monoisotopic (exact) mass is 355 g/mol. The summed E-state index contributed by atoms with van der Waals surface area (Å²) in [7, 11) is 0. The number of aryl methyl sites for hydroxylation is 1. The van der Waals surface area contributed by atoms with Gasteiger partial charge in [0.2, 0.25) is 5.91 Å². The Balaban J connectivity index is 0.00000141. The number of hydrogen-bond donors (Lipinski definition) is 2. The van der Waals surface area contributed by atoms with Gasteiger partial charge in [-0.15, -0.1) is 0 Å². The van der Waals surface area contributed by atoms with Crippen LogP contribution in [0.25, 0.3) is 0 Å². The number of hydrogen-bond acceptors (Lipinski definition) is 3. The van der Waals surface area contributed by atoms with Gasteiger partial charge in [-0.2, -0.15) is 0 Å². The Morgan fingerprint density at radius 1 is 1.31 bits per heavy atom. The molecule has 1 aromatic rings. The van der Waals surface area contributed by atoms with Crippen LogP contribution in [-0.2, 0) is 11.2 Å². The third-order valence-electron chi connectivity index (χ3n) is 3.37. The van der Waals surface area contributed by atoms with Gasteiger partial charge in [-0.05, 0) is 37.8 Å². The Bertz CT molecular complexity index is 662. The van der Waals surface area contributed by atoms with E-state index in [4.69, 9.17) is 5.73 Å².